The Morgan fingerprint density at radius 1 is 1.00 bits per heavy atom. The summed E-state index contributed by atoms with van der Waals surface area (Å²) in [7, 11) is -3.54. The second-order valence-corrected chi connectivity index (χ2v) is 8.76. The molecule has 4 nitrogen and oxygen atoms in total. The molecule has 0 atom stereocenters. The number of likely N-dealkylation sites (tertiary alicyclic amines) is 1. The highest BCUT2D eigenvalue weighted by atomic mass is 32.2. The third-order valence-corrected chi connectivity index (χ3v) is 6.22. The minimum Gasteiger partial charge on any atom is -0.299 e. The van der Waals surface area contributed by atoms with Crippen LogP contribution in [-0.2, 0) is 16.6 Å². The Morgan fingerprint density at radius 3 is 2.20 bits per heavy atom. The maximum absolute atomic E-state index is 12.4. The molecule has 5 heteroatoms. The highest BCUT2D eigenvalue weighted by Gasteiger charge is 2.16. The van der Waals surface area contributed by atoms with E-state index in [-0.39, 0.29) is 4.90 Å². The maximum atomic E-state index is 12.4. The molecule has 1 fully saturated rings. The molecule has 1 saturated heterocycles. The van der Waals surface area contributed by atoms with Crippen LogP contribution in [0.2, 0.25) is 0 Å². The molecule has 0 radical (unpaired) electrons. The molecule has 2 aromatic rings. The molecule has 0 unspecified atom stereocenters. The highest BCUT2D eigenvalue weighted by Crippen LogP contribution is 2.20. The Bertz CT molecular complexity index is 791. The summed E-state index contributed by atoms with van der Waals surface area (Å²) in [4.78, 5) is 2.75. The molecule has 1 N–H and O–H groups in total. The molecular weight excluding hydrogens is 332 g/mol. The molecule has 1 aliphatic rings. The van der Waals surface area contributed by atoms with Gasteiger partial charge in [-0.05, 0) is 68.6 Å². The van der Waals surface area contributed by atoms with Gasteiger partial charge in [-0.15, -0.1) is 0 Å². The van der Waals surface area contributed by atoms with Gasteiger partial charge in [-0.3, -0.25) is 9.62 Å². The zero-order valence-corrected chi connectivity index (χ0v) is 15.7. The summed E-state index contributed by atoms with van der Waals surface area (Å²) in [5.74, 6) is 0.829. The summed E-state index contributed by atoms with van der Waals surface area (Å²) in [6.07, 6.45) is 2.52. The number of hydrogen-bond donors (Lipinski definition) is 1. The number of piperidine rings is 1. The predicted octanol–water partition coefficient (Wildman–Crippen LogP) is 4.03. The van der Waals surface area contributed by atoms with Gasteiger partial charge in [0, 0.05) is 12.2 Å². The van der Waals surface area contributed by atoms with Crippen molar-refractivity contribution in [1.82, 2.24) is 4.90 Å². The second kappa shape index (κ2) is 7.58. The summed E-state index contributed by atoms with van der Waals surface area (Å²) in [5.41, 5.74) is 2.85. The standard InChI is InChI=1S/C20H26N2O2S/c1-16-3-9-20(10-4-16)25(23,24)21-19-7-5-18(6-8-19)15-22-13-11-17(2)12-14-22/h3-10,17,21H,11-15H2,1-2H3. The van der Waals surface area contributed by atoms with Gasteiger partial charge in [0.1, 0.15) is 0 Å². The van der Waals surface area contributed by atoms with Crippen molar-refractivity contribution in [3.05, 3.63) is 59.7 Å². The largest absolute Gasteiger partial charge is 0.299 e. The molecule has 2 aromatic carbocycles. The Balaban J connectivity index is 1.63. The van der Waals surface area contributed by atoms with Crippen LogP contribution in [0.1, 0.15) is 30.9 Å². The van der Waals surface area contributed by atoms with Crippen LogP contribution < -0.4 is 4.72 Å². The number of hydrogen-bond acceptors (Lipinski definition) is 3. The Morgan fingerprint density at radius 2 is 1.60 bits per heavy atom. The highest BCUT2D eigenvalue weighted by molar-refractivity contribution is 7.92. The van der Waals surface area contributed by atoms with E-state index in [1.54, 1.807) is 24.3 Å². The number of aryl methyl sites for hydroxylation is 1. The topological polar surface area (TPSA) is 49.4 Å². The minimum absolute atomic E-state index is 0.282. The molecular formula is C20H26N2O2S. The minimum atomic E-state index is -3.54. The van der Waals surface area contributed by atoms with Crippen LogP contribution in [0.3, 0.4) is 0 Å². The van der Waals surface area contributed by atoms with Crippen LogP contribution in [0.5, 0.6) is 0 Å². The van der Waals surface area contributed by atoms with Crippen LogP contribution in [0.4, 0.5) is 5.69 Å². The maximum Gasteiger partial charge on any atom is 0.261 e. The number of benzene rings is 2. The first-order chi connectivity index (χ1) is 11.9. The van der Waals surface area contributed by atoms with E-state index >= 15 is 0 Å². The Hall–Kier alpha value is -1.85. The van der Waals surface area contributed by atoms with Gasteiger partial charge in [0.25, 0.3) is 10.0 Å². The average Bonchev–Trinajstić information content (AvgIpc) is 2.59. The van der Waals surface area contributed by atoms with E-state index in [1.807, 2.05) is 31.2 Å². The van der Waals surface area contributed by atoms with Crippen LogP contribution in [-0.4, -0.2) is 26.4 Å². The lowest BCUT2D eigenvalue weighted by molar-refractivity contribution is 0.185. The van der Waals surface area contributed by atoms with Crippen LogP contribution >= 0.6 is 0 Å². The summed E-state index contributed by atoms with van der Waals surface area (Å²) < 4.78 is 27.5. The van der Waals surface area contributed by atoms with Crippen LogP contribution in [0.15, 0.2) is 53.4 Å². The molecule has 25 heavy (non-hydrogen) atoms. The third-order valence-electron chi connectivity index (χ3n) is 4.82. The van der Waals surface area contributed by atoms with Crippen molar-refractivity contribution in [2.45, 2.75) is 38.1 Å². The van der Waals surface area contributed by atoms with Gasteiger partial charge in [0.05, 0.1) is 4.90 Å². The van der Waals surface area contributed by atoms with Crippen molar-refractivity contribution in [3.63, 3.8) is 0 Å². The quantitative estimate of drug-likeness (QED) is 0.878. The molecule has 0 amide bonds. The molecule has 0 aliphatic carbocycles. The van der Waals surface area contributed by atoms with Crippen molar-refractivity contribution in [2.75, 3.05) is 17.8 Å². The van der Waals surface area contributed by atoms with Gasteiger partial charge in [0.2, 0.25) is 0 Å². The van der Waals surface area contributed by atoms with E-state index < -0.39 is 10.0 Å². The van der Waals surface area contributed by atoms with Crippen molar-refractivity contribution < 1.29 is 8.42 Å². The first kappa shape index (κ1) is 18.0. The van der Waals surface area contributed by atoms with Crippen molar-refractivity contribution in [3.8, 4) is 0 Å². The fourth-order valence-electron chi connectivity index (χ4n) is 3.09. The van der Waals surface area contributed by atoms with Crippen LogP contribution in [0.25, 0.3) is 0 Å². The summed E-state index contributed by atoms with van der Waals surface area (Å²) in [5, 5.41) is 0. The van der Waals surface area contributed by atoms with E-state index in [0.717, 1.165) is 31.1 Å². The van der Waals surface area contributed by atoms with E-state index in [1.165, 1.54) is 18.4 Å². The van der Waals surface area contributed by atoms with Crippen molar-refractivity contribution in [1.29, 1.82) is 0 Å². The molecule has 0 aromatic heterocycles. The zero-order chi connectivity index (χ0) is 17.9. The van der Waals surface area contributed by atoms with Crippen molar-refractivity contribution >= 4 is 15.7 Å². The summed E-state index contributed by atoms with van der Waals surface area (Å²) in [6.45, 7) is 7.46. The lowest BCUT2D eigenvalue weighted by atomic mass is 9.99. The molecule has 3 rings (SSSR count). The fraction of sp³-hybridized carbons (Fsp3) is 0.400. The van der Waals surface area contributed by atoms with Gasteiger partial charge in [-0.2, -0.15) is 0 Å². The molecule has 134 valence electrons. The first-order valence-corrected chi connectivity index (χ1v) is 10.3. The SMILES string of the molecule is Cc1ccc(S(=O)(=O)Nc2ccc(CN3CCC(C)CC3)cc2)cc1. The number of anilines is 1. The lowest BCUT2D eigenvalue weighted by Crippen LogP contribution is -2.32. The second-order valence-electron chi connectivity index (χ2n) is 7.07. The fourth-order valence-corrected chi connectivity index (χ4v) is 4.15. The van der Waals surface area contributed by atoms with E-state index in [9.17, 15) is 8.42 Å². The normalized spacial score (nSPS) is 16.7. The number of nitrogens with zero attached hydrogens (tertiary/aromatic N) is 1. The average molecular weight is 359 g/mol. The summed E-state index contributed by atoms with van der Waals surface area (Å²) >= 11 is 0. The smallest absolute Gasteiger partial charge is 0.261 e. The number of rotatable bonds is 5. The van der Waals surface area contributed by atoms with Gasteiger partial charge >= 0.3 is 0 Å². The van der Waals surface area contributed by atoms with Gasteiger partial charge in [-0.1, -0.05) is 36.8 Å². The van der Waals surface area contributed by atoms with Gasteiger partial charge in [-0.25, -0.2) is 8.42 Å². The zero-order valence-electron chi connectivity index (χ0n) is 14.9. The van der Waals surface area contributed by atoms with E-state index in [2.05, 4.69) is 16.5 Å². The molecule has 0 spiro atoms. The Kier molecular flexibility index (Phi) is 5.45. The third kappa shape index (κ3) is 4.83. The molecule has 0 saturated carbocycles. The lowest BCUT2D eigenvalue weighted by Gasteiger charge is -2.30. The number of nitrogens with one attached hydrogen (secondary N) is 1. The summed E-state index contributed by atoms with van der Waals surface area (Å²) in [6, 6.07) is 14.6. The first-order valence-electron chi connectivity index (χ1n) is 8.83. The Labute approximate surface area is 150 Å². The number of sulfonamides is 1. The molecule has 0 bridgehead atoms. The van der Waals surface area contributed by atoms with Crippen LogP contribution in [0, 0.1) is 12.8 Å². The molecule has 1 aliphatic heterocycles. The van der Waals surface area contributed by atoms with E-state index in [0.29, 0.717) is 5.69 Å². The van der Waals surface area contributed by atoms with Gasteiger partial charge in [0.15, 0.2) is 0 Å². The van der Waals surface area contributed by atoms with Crippen molar-refractivity contribution in [2.24, 2.45) is 5.92 Å². The predicted molar refractivity (Wildman–Crippen MR) is 102 cm³/mol. The molecule has 1 heterocycles. The van der Waals surface area contributed by atoms with Gasteiger partial charge < -0.3 is 0 Å². The van der Waals surface area contributed by atoms with E-state index in [4.69, 9.17) is 0 Å². The monoisotopic (exact) mass is 358 g/mol.